The van der Waals surface area contributed by atoms with Gasteiger partial charge in [0.2, 0.25) is 0 Å². The molecule has 28 heavy (non-hydrogen) atoms. The molecule has 0 amide bonds. The zero-order valence-corrected chi connectivity index (χ0v) is 17.3. The number of nitrogens with one attached hydrogen (secondary N) is 1. The van der Waals surface area contributed by atoms with Crippen LogP contribution in [-0.2, 0) is 5.75 Å². The van der Waals surface area contributed by atoms with Gasteiger partial charge in [0, 0.05) is 31.8 Å². The number of terminal acetylenes is 1. The van der Waals surface area contributed by atoms with E-state index in [0.717, 1.165) is 38.2 Å². The van der Waals surface area contributed by atoms with Crippen molar-refractivity contribution in [2.45, 2.75) is 10.6 Å². The van der Waals surface area contributed by atoms with Crippen LogP contribution in [0.25, 0.3) is 10.9 Å². The van der Waals surface area contributed by atoms with Crippen molar-refractivity contribution in [3.63, 3.8) is 0 Å². The van der Waals surface area contributed by atoms with Gasteiger partial charge < -0.3 is 5.32 Å². The number of benzene rings is 3. The SMILES string of the molecule is C#Cc1cccc(Nc2ncnc3ccc(SCc4ccc(Br)cc4)cc23)c1. The third-order valence-corrected chi connectivity index (χ3v) is 5.81. The number of nitrogens with zero attached hydrogens (tertiary/aromatic N) is 2. The monoisotopic (exact) mass is 445 g/mol. The van der Waals surface area contributed by atoms with Crippen molar-refractivity contribution in [1.29, 1.82) is 0 Å². The normalized spacial score (nSPS) is 10.6. The molecule has 1 aromatic heterocycles. The molecule has 5 heteroatoms. The van der Waals surface area contributed by atoms with Crippen LogP contribution in [0.2, 0.25) is 0 Å². The van der Waals surface area contributed by atoms with Gasteiger partial charge in [-0.3, -0.25) is 0 Å². The van der Waals surface area contributed by atoms with Crippen molar-refractivity contribution in [3.05, 3.63) is 88.7 Å². The van der Waals surface area contributed by atoms with Gasteiger partial charge in [-0.2, -0.15) is 0 Å². The topological polar surface area (TPSA) is 37.8 Å². The number of thioether (sulfide) groups is 1. The first-order valence-corrected chi connectivity index (χ1v) is 10.4. The summed E-state index contributed by atoms with van der Waals surface area (Å²) in [6, 6.07) is 22.4. The van der Waals surface area contributed by atoms with Crippen LogP contribution in [-0.4, -0.2) is 9.97 Å². The van der Waals surface area contributed by atoms with Crippen LogP contribution in [0, 0.1) is 12.3 Å². The van der Waals surface area contributed by atoms with Gasteiger partial charge in [-0.15, -0.1) is 18.2 Å². The largest absolute Gasteiger partial charge is 0.340 e. The predicted octanol–water partition coefficient (Wildman–Crippen LogP) is 6.41. The molecule has 0 saturated carbocycles. The first-order valence-electron chi connectivity index (χ1n) is 8.67. The van der Waals surface area contributed by atoms with Gasteiger partial charge in [-0.25, -0.2) is 9.97 Å². The molecule has 0 aliphatic heterocycles. The fourth-order valence-corrected chi connectivity index (χ4v) is 3.95. The van der Waals surface area contributed by atoms with Crippen molar-refractivity contribution in [1.82, 2.24) is 9.97 Å². The molecule has 4 rings (SSSR count). The molecule has 1 heterocycles. The molecule has 0 radical (unpaired) electrons. The molecule has 0 spiro atoms. The van der Waals surface area contributed by atoms with Crippen molar-refractivity contribution < 1.29 is 0 Å². The number of hydrogen-bond donors (Lipinski definition) is 1. The van der Waals surface area contributed by atoms with Crippen LogP contribution in [0.5, 0.6) is 0 Å². The molecular weight excluding hydrogens is 430 g/mol. The number of halogens is 1. The van der Waals surface area contributed by atoms with E-state index in [-0.39, 0.29) is 0 Å². The third kappa shape index (κ3) is 4.36. The molecule has 3 aromatic carbocycles. The zero-order valence-electron chi connectivity index (χ0n) is 14.9. The van der Waals surface area contributed by atoms with E-state index in [1.165, 1.54) is 10.5 Å². The Bertz CT molecular complexity index is 1170. The lowest BCUT2D eigenvalue weighted by atomic mass is 10.2. The summed E-state index contributed by atoms with van der Waals surface area (Å²) in [5.74, 6) is 4.33. The van der Waals surface area contributed by atoms with E-state index in [9.17, 15) is 0 Å². The van der Waals surface area contributed by atoms with Crippen LogP contribution < -0.4 is 5.32 Å². The highest BCUT2D eigenvalue weighted by Gasteiger charge is 2.07. The fourth-order valence-electron chi connectivity index (χ4n) is 2.80. The molecule has 0 atom stereocenters. The minimum Gasteiger partial charge on any atom is -0.340 e. The van der Waals surface area contributed by atoms with Gasteiger partial charge in [0.25, 0.3) is 0 Å². The zero-order chi connectivity index (χ0) is 19.3. The Balaban J connectivity index is 1.60. The lowest BCUT2D eigenvalue weighted by Gasteiger charge is -2.10. The maximum atomic E-state index is 5.50. The summed E-state index contributed by atoms with van der Waals surface area (Å²) < 4.78 is 1.09. The molecule has 4 aromatic rings. The first-order chi connectivity index (χ1) is 13.7. The Kier molecular flexibility index (Phi) is 5.61. The van der Waals surface area contributed by atoms with E-state index < -0.39 is 0 Å². The smallest absolute Gasteiger partial charge is 0.141 e. The summed E-state index contributed by atoms with van der Waals surface area (Å²) in [4.78, 5) is 10.00. The van der Waals surface area contributed by atoms with E-state index in [4.69, 9.17) is 6.42 Å². The van der Waals surface area contributed by atoms with E-state index in [1.54, 1.807) is 18.1 Å². The van der Waals surface area contributed by atoms with Gasteiger partial charge in [0.1, 0.15) is 12.1 Å². The van der Waals surface area contributed by atoms with Crippen LogP contribution in [0.4, 0.5) is 11.5 Å². The second-order valence-electron chi connectivity index (χ2n) is 6.17. The van der Waals surface area contributed by atoms with Crippen molar-refractivity contribution in [3.8, 4) is 12.3 Å². The van der Waals surface area contributed by atoms with Crippen molar-refractivity contribution >= 4 is 50.1 Å². The minimum atomic E-state index is 0.769. The Hall–Kier alpha value is -2.81. The minimum absolute atomic E-state index is 0.769. The van der Waals surface area contributed by atoms with Crippen molar-refractivity contribution in [2.24, 2.45) is 0 Å². The van der Waals surface area contributed by atoms with Crippen molar-refractivity contribution in [2.75, 3.05) is 5.32 Å². The molecule has 0 bridgehead atoms. The van der Waals surface area contributed by atoms with Gasteiger partial charge in [-0.05, 0) is 54.1 Å². The predicted molar refractivity (Wildman–Crippen MR) is 121 cm³/mol. The van der Waals surface area contributed by atoms with E-state index >= 15 is 0 Å². The Morgan fingerprint density at radius 3 is 2.68 bits per heavy atom. The second kappa shape index (κ2) is 8.47. The summed E-state index contributed by atoms with van der Waals surface area (Å²) >= 11 is 5.26. The van der Waals surface area contributed by atoms with E-state index in [0.29, 0.717) is 0 Å². The van der Waals surface area contributed by atoms with Crippen LogP contribution >= 0.6 is 27.7 Å². The Morgan fingerprint density at radius 2 is 1.86 bits per heavy atom. The van der Waals surface area contributed by atoms with E-state index in [2.05, 4.69) is 73.5 Å². The maximum absolute atomic E-state index is 5.50. The average Bonchev–Trinajstić information content (AvgIpc) is 2.74. The number of aromatic nitrogens is 2. The van der Waals surface area contributed by atoms with Crippen LogP contribution in [0.3, 0.4) is 0 Å². The van der Waals surface area contributed by atoms with Crippen LogP contribution in [0.15, 0.2) is 82.4 Å². The third-order valence-electron chi connectivity index (χ3n) is 4.22. The van der Waals surface area contributed by atoms with Gasteiger partial charge in [-0.1, -0.05) is 40.0 Å². The number of fused-ring (bicyclic) bond motifs is 1. The quantitative estimate of drug-likeness (QED) is 0.284. The number of rotatable bonds is 5. The van der Waals surface area contributed by atoms with Gasteiger partial charge in [0.05, 0.1) is 5.52 Å². The fraction of sp³-hybridized carbons (Fsp3) is 0.0435. The number of anilines is 2. The molecule has 0 saturated heterocycles. The Morgan fingerprint density at radius 1 is 1.00 bits per heavy atom. The summed E-state index contributed by atoms with van der Waals surface area (Å²) in [7, 11) is 0. The Labute approximate surface area is 176 Å². The lowest BCUT2D eigenvalue weighted by Crippen LogP contribution is -1.96. The molecule has 0 unspecified atom stereocenters. The number of hydrogen-bond acceptors (Lipinski definition) is 4. The molecular formula is C23H16BrN3S. The highest BCUT2D eigenvalue weighted by molar-refractivity contribution is 9.10. The molecule has 0 aliphatic carbocycles. The summed E-state index contributed by atoms with van der Waals surface area (Å²) in [5, 5.41) is 4.35. The molecule has 0 fully saturated rings. The van der Waals surface area contributed by atoms with Gasteiger partial charge >= 0.3 is 0 Å². The maximum Gasteiger partial charge on any atom is 0.141 e. The lowest BCUT2D eigenvalue weighted by molar-refractivity contribution is 1.21. The van der Waals surface area contributed by atoms with E-state index in [1.807, 2.05) is 30.3 Å². The highest BCUT2D eigenvalue weighted by atomic mass is 79.9. The van der Waals surface area contributed by atoms with Crippen LogP contribution in [0.1, 0.15) is 11.1 Å². The van der Waals surface area contributed by atoms with Gasteiger partial charge in [0.15, 0.2) is 0 Å². The average molecular weight is 446 g/mol. The molecule has 136 valence electrons. The first kappa shape index (κ1) is 18.5. The molecule has 1 N–H and O–H groups in total. The highest BCUT2D eigenvalue weighted by Crippen LogP contribution is 2.30. The molecule has 0 aliphatic rings. The summed E-state index contributed by atoms with van der Waals surface area (Å²) in [6.07, 6.45) is 7.08. The second-order valence-corrected chi connectivity index (χ2v) is 8.13. The standard InChI is InChI=1S/C23H16BrN3S/c1-2-16-4-3-5-19(12-16)27-23-21-13-20(10-11-22(21)25-15-26-23)28-14-17-6-8-18(24)9-7-17/h1,3-13,15H,14H2,(H,25,26,27). The molecule has 3 nitrogen and oxygen atoms in total. The summed E-state index contributed by atoms with van der Waals surface area (Å²) in [5.41, 5.74) is 3.91. The summed E-state index contributed by atoms with van der Waals surface area (Å²) in [6.45, 7) is 0.